The average Bonchev–Trinajstić information content (AvgIpc) is 2.66. The second kappa shape index (κ2) is 9.36. The molecule has 28 heavy (non-hydrogen) atoms. The number of amides is 1. The van der Waals surface area contributed by atoms with Crippen molar-refractivity contribution in [2.45, 2.75) is 13.3 Å². The van der Waals surface area contributed by atoms with Crippen LogP contribution in [0.5, 0.6) is 5.75 Å². The second-order valence-corrected chi connectivity index (χ2v) is 8.23. The summed E-state index contributed by atoms with van der Waals surface area (Å²) in [6.07, 6.45) is 1.63. The van der Waals surface area contributed by atoms with Crippen LogP contribution in [0.25, 0.3) is 0 Å². The third-order valence-corrected chi connectivity index (χ3v) is 5.26. The average molecular weight is 404 g/mol. The fourth-order valence-corrected chi connectivity index (χ4v) is 3.45. The predicted octanol–water partition coefficient (Wildman–Crippen LogP) is 2.02. The van der Waals surface area contributed by atoms with Crippen molar-refractivity contribution in [3.05, 3.63) is 59.7 Å². The zero-order valence-corrected chi connectivity index (χ0v) is 17.0. The summed E-state index contributed by atoms with van der Waals surface area (Å²) in [6, 6.07) is 13.7. The highest BCUT2D eigenvalue weighted by Gasteiger charge is 2.21. The number of hydrogen-bond donors (Lipinski definition) is 1. The fourth-order valence-electron chi connectivity index (χ4n) is 2.60. The van der Waals surface area contributed by atoms with Gasteiger partial charge in [0.2, 0.25) is 15.9 Å². The topological polar surface area (TPSA) is 92.8 Å². The maximum absolute atomic E-state index is 12.3. The molecule has 0 fully saturated rings. The van der Waals surface area contributed by atoms with E-state index in [-0.39, 0.29) is 18.0 Å². The lowest BCUT2D eigenvalue weighted by atomic mass is 10.1. The largest absolute Gasteiger partial charge is 0.497 e. The Kier molecular flexibility index (Phi) is 7.17. The van der Waals surface area contributed by atoms with Crippen LogP contribution in [-0.4, -0.2) is 46.6 Å². The molecule has 0 unspecified atom stereocenters. The fraction of sp³-hybridized carbons (Fsp3) is 0.300. The van der Waals surface area contributed by atoms with Crippen LogP contribution >= 0.6 is 0 Å². The number of sulfonamides is 1. The van der Waals surface area contributed by atoms with Crippen molar-refractivity contribution in [2.24, 2.45) is 0 Å². The van der Waals surface area contributed by atoms with E-state index in [4.69, 9.17) is 4.74 Å². The van der Waals surface area contributed by atoms with Crippen LogP contribution in [0.15, 0.2) is 48.5 Å². The highest BCUT2D eigenvalue weighted by molar-refractivity contribution is 7.92. The molecule has 150 valence electrons. The molecule has 8 heteroatoms. The van der Waals surface area contributed by atoms with E-state index in [1.807, 2.05) is 24.3 Å². The number of benzene rings is 2. The van der Waals surface area contributed by atoms with Crippen LogP contribution in [0.2, 0.25) is 0 Å². The van der Waals surface area contributed by atoms with E-state index in [9.17, 15) is 18.0 Å². The van der Waals surface area contributed by atoms with E-state index in [1.54, 1.807) is 25.3 Å². The Morgan fingerprint density at radius 3 is 2.36 bits per heavy atom. The normalized spacial score (nSPS) is 11.0. The van der Waals surface area contributed by atoms with Gasteiger partial charge in [0.1, 0.15) is 12.3 Å². The molecule has 0 heterocycles. The minimum atomic E-state index is -3.69. The number of anilines is 1. The van der Waals surface area contributed by atoms with Crippen LogP contribution in [0.1, 0.15) is 22.8 Å². The van der Waals surface area contributed by atoms with Gasteiger partial charge in [0, 0.05) is 12.1 Å². The van der Waals surface area contributed by atoms with E-state index in [2.05, 4.69) is 5.32 Å². The van der Waals surface area contributed by atoms with Gasteiger partial charge in [0.05, 0.1) is 19.1 Å². The number of carbonyl (C=O) groups excluding carboxylic acids is 2. The van der Waals surface area contributed by atoms with Gasteiger partial charge in [-0.3, -0.25) is 13.9 Å². The molecule has 0 saturated heterocycles. The molecule has 1 N–H and O–H groups in total. The van der Waals surface area contributed by atoms with Crippen molar-refractivity contribution in [3.8, 4) is 5.75 Å². The number of nitrogens with one attached hydrogen (secondary N) is 1. The highest BCUT2D eigenvalue weighted by Crippen LogP contribution is 2.19. The number of ketones is 1. The van der Waals surface area contributed by atoms with Gasteiger partial charge in [-0.25, -0.2) is 8.42 Å². The van der Waals surface area contributed by atoms with Crippen LogP contribution in [0.4, 0.5) is 5.69 Å². The number of rotatable bonds is 9. The van der Waals surface area contributed by atoms with Crippen molar-refractivity contribution < 1.29 is 22.7 Å². The number of ether oxygens (including phenoxy) is 1. The molecule has 0 spiro atoms. The SMILES string of the molecule is COc1ccc(CCNC(=O)CN(c2cccc(C(C)=O)c2)S(C)(=O)=O)cc1. The summed E-state index contributed by atoms with van der Waals surface area (Å²) in [5.41, 5.74) is 1.68. The molecule has 0 bridgehead atoms. The third-order valence-electron chi connectivity index (χ3n) is 4.12. The molecule has 2 rings (SSSR count). The Balaban J connectivity index is 2.01. The van der Waals surface area contributed by atoms with Gasteiger partial charge in [-0.15, -0.1) is 0 Å². The molecule has 2 aromatic rings. The lowest BCUT2D eigenvalue weighted by molar-refractivity contribution is -0.119. The van der Waals surface area contributed by atoms with Crippen LogP contribution in [0, 0.1) is 0 Å². The van der Waals surface area contributed by atoms with Gasteiger partial charge < -0.3 is 10.1 Å². The molecule has 7 nitrogen and oxygen atoms in total. The Morgan fingerprint density at radius 1 is 1.11 bits per heavy atom. The molecule has 0 aliphatic carbocycles. The molecular formula is C20H24N2O5S. The summed E-state index contributed by atoms with van der Waals surface area (Å²) in [5, 5.41) is 2.73. The Bertz CT molecular complexity index is 939. The summed E-state index contributed by atoms with van der Waals surface area (Å²) < 4.78 is 30.4. The highest BCUT2D eigenvalue weighted by atomic mass is 32.2. The Morgan fingerprint density at radius 2 is 1.79 bits per heavy atom. The summed E-state index contributed by atoms with van der Waals surface area (Å²) in [7, 11) is -2.10. The van der Waals surface area contributed by atoms with Crippen LogP contribution < -0.4 is 14.4 Å². The van der Waals surface area contributed by atoms with E-state index in [0.717, 1.165) is 21.9 Å². The second-order valence-electron chi connectivity index (χ2n) is 6.32. The lowest BCUT2D eigenvalue weighted by Gasteiger charge is -2.22. The number of hydrogen-bond acceptors (Lipinski definition) is 5. The minimum absolute atomic E-state index is 0.181. The molecule has 0 saturated carbocycles. The van der Waals surface area contributed by atoms with Gasteiger partial charge >= 0.3 is 0 Å². The van der Waals surface area contributed by atoms with E-state index in [1.165, 1.54) is 13.0 Å². The van der Waals surface area contributed by atoms with Gasteiger partial charge in [-0.1, -0.05) is 24.3 Å². The predicted molar refractivity (Wildman–Crippen MR) is 108 cm³/mol. The molecule has 0 atom stereocenters. The van der Waals surface area contributed by atoms with E-state index in [0.29, 0.717) is 18.5 Å². The van der Waals surface area contributed by atoms with Crippen molar-refractivity contribution in [1.82, 2.24) is 5.32 Å². The summed E-state index contributed by atoms with van der Waals surface area (Å²) in [5.74, 6) is 0.149. The van der Waals surface area contributed by atoms with Gasteiger partial charge in [0.25, 0.3) is 0 Å². The lowest BCUT2D eigenvalue weighted by Crippen LogP contribution is -2.41. The minimum Gasteiger partial charge on any atom is -0.497 e. The first-order valence-electron chi connectivity index (χ1n) is 8.69. The Hall–Kier alpha value is -2.87. The molecule has 2 aromatic carbocycles. The summed E-state index contributed by atoms with van der Waals surface area (Å²) in [4.78, 5) is 23.8. The van der Waals surface area contributed by atoms with Gasteiger partial charge in [-0.05, 0) is 43.2 Å². The molecule has 0 radical (unpaired) electrons. The van der Waals surface area contributed by atoms with Crippen molar-refractivity contribution in [2.75, 3.05) is 30.8 Å². The monoisotopic (exact) mass is 404 g/mol. The van der Waals surface area contributed by atoms with Gasteiger partial charge in [0.15, 0.2) is 5.78 Å². The van der Waals surface area contributed by atoms with Crippen LogP contribution in [-0.2, 0) is 21.2 Å². The standard InChI is InChI=1S/C20H24N2O5S/c1-15(23)17-5-4-6-18(13-17)22(28(3,25)26)14-20(24)21-12-11-16-7-9-19(27-2)10-8-16/h4-10,13H,11-12,14H2,1-3H3,(H,21,24). The summed E-state index contributed by atoms with van der Waals surface area (Å²) >= 11 is 0. The zero-order chi connectivity index (χ0) is 20.7. The number of carbonyl (C=O) groups is 2. The van der Waals surface area contributed by atoms with Crippen molar-refractivity contribution in [3.63, 3.8) is 0 Å². The maximum atomic E-state index is 12.3. The van der Waals surface area contributed by atoms with E-state index < -0.39 is 15.9 Å². The molecule has 0 aromatic heterocycles. The number of methoxy groups -OCH3 is 1. The quantitative estimate of drug-likeness (QED) is 0.646. The van der Waals surface area contributed by atoms with Crippen molar-refractivity contribution >= 4 is 27.4 Å². The van der Waals surface area contributed by atoms with E-state index >= 15 is 0 Å². The molecule has 0 aliphatic rings. The number of Topliss-reactive ketones (excluding diaryl/α,β-unsaturated/α-hetero) is 1. The first-order valence-corrected chi connectivity index (χ1v) is 10.5. The first kappa shape index (κ1) is 21.4. The Labute approximate surface area is 165 Å². The molecule has 1 amide bonds. The molecule has 0 aliphatic heterocycles. The zero-order valence-electron chi connectivity index (χ0n) is 16.1. The van der Waals surface area contributed by atoms with Crippen molar-refractivity contribution in [1.29, 1.82) is 0 Å². The summed E-state index contributed by atoms with van der Waals surface area (Å²) in [6.45, 7) is 1.41. The third kappa shape index (κ3) is 6.09. The smallest absolute Gasteiger partial charge is 0.240 e. The maximum Gasteiger partial charge on any atom is 0.240 e. The van der Waals surface area contributed by atoms with Gasteiger partial charge in [-0.2, -0.15) is 0 Å². The first-order chi connectivity index (χ1) is 13.2. The number of nitrogens with zero attached hydrogens (tertiary/aromatic N) is 1. The molecular weight excluding hydrogens is 380 g/mol. The van der Waals surface area contributed by atoms with Crippen LogP contribution in [0.3, 0.4) is 0 Å².